The summed E-state index contributed by atoms with van der Waals surface area (Å²) >= 11 is 6.22. The van der Waals surface area contributed by atoms with Crippen molar-refractivity contribution in [1.29, 1.82) is 0 Å². The first kappa shape index (κ1) is 24.3. The average molecular weight is 508 g/mol. The number of fused-ring (bicyclic) bond motifs is 1. The van der Waals surface area contributed by atoms with Crippen LogP contribution in [0.4, 0.5) is 0 Å². The molecule has 0 saturated heterocycles. The van der Waals surface area contributed by atoms with Crippen molar-refractivity contribution in [2.24, 2.45) is 5.10 Å². The lowest BCUT2D eigenvalue weighted by Gasteiger charge is -2.12. The Morgan fingerprint density at radius 3 is 2.43 bits per heavy atom. The average Bonchev–Trinajstić information content (AvgIpc) is 3.20. The molecule has 4 aromatic carbocycles. The second-order valence-electron chi connectivity index (χ2n) is 8.80. The highest BCUT2D eigenvalue weighted by atomic mass is 35.5. The van der Waals surface area contributed by atoms with E-state index in [0.29, 0.717) is 17.2 Å². The highest BCUT2D eigenvalue weighted by molar-refractivity contribution is 6.31. The van der Waals surface area contributed by atoms with Gasteiger partial charge in [-0.15, -0.1) is 0 Å². The third kappa shape index (κ3) is 5.42. The van der Waals surface area contributed by atoms with E-state index in [2.05, 4.69) is 15.1 Å². The smallest absolute Gasteiger partial charge is 0.271 e. The largest absolute Gasteiger partial charge is 0.489 e. The van der Waals surface area contributed by atoms with Crippen LogP contribution in [0.15, 0.2) is 102 Å². The molecule has 0 aliphatic carbocycles. The number of carbonyl (C=O) groups is 1. The zero-order valence-electron chi connectivity index (χ0n) is 20.6. The Labute approximate surface area is 221 Å². The molecule has 1 aromatic heterocycles. The maximum absolute atomic E-state index is 12.6. The van der Waals surface area contributed by atoms with Crippen LogP contribution in [-0.4, -0.2) is 16.7 Å². The van der Waals surface area contributed by atoms with Crippen LogP contribution in [0.2, 0.25) is 5.02 Å². The van der Waals surface area contributed by atoms with Gasteiger partial charge in [0.1, 0.15) is 12.4 Å². The third-order valence-electron chi connectivity index (χ3n) is 6.30. The molecule has 37 heavy (non-hydrogen) atoms. The van der Waals surface area contributed by atoms with Crippen molar-refractivity contribution < 1.29 is 9.53 Å². The second kappa shape index (κ2) is 10.7. The number of aryl methyl sites for hydroxylation is 1. The van der Waals surface area contributed by atoms with E-state index in [1.807, 2.05) is 105 Å². The summed E-state index contributed by atoms with van der Waals surface area (Å²) in [5.74, 6) is 0.521. The number of ether oxygens (including phenoxy) is 1. The normalized spacial score (nSPS) is 11.2. The van der Waals surface area contributed by atoms with Gasteiger partial charge in [-0.3, -0.25) is 4.79 Å². The maximum Gasteiger partial charge on any atom is 0.271 e. The van der Waals surface area contributed by atoms with E-state index >= 15 is 0 Å². The number of aromatic nitrogens is 1. The first-order valence-electron chi connectivity index (χ1n) is 12.0. The first-order chi connectivity index (χ1) is 18.0. The van der Waals surface area contributed by atoms with Gasteiger partial charge in [-0.05, 0) is 73.2 Å². The molecule has 1 N–H and O–H groups in total. The Kier molecular flexibility index (Phi) is 7.06. The molecule has 0 aliphatic heterocycles. The monoisotopic (exact) mass is 507 g/mol. The highest BCUT2D eigenvalue weighted by Crippen LogP contribution is 2.24. The lowest BCUT2D eigenvalue weighted by molar-refractivity contribution is 0.0955. The number of rotatable bonds is 7. The van der Waals surface area contributed by atoms with Crippen molar-refractivity contribution in [3.05, 3.63) is 130 Å². The first-order valence-corrected chi connectivity index (χ1v) is 12.4. The molecule has 5 aromatic rings. The zero-order valence-corrected chi connectivity index (χ0v) is 21.4. The number of carbonyl (C=O) groups excluding carboxylic acids is 1. The van der Waals surface area contributed by atoms with Gasteiger partial charge in [0.05, 0.1) is 6.21 Å². The molecule has 0 fully saturated rings. The fraction of sp³-hybridized carbons (Fsp3) is 0.0968. The van der Waals surface area contributed by atoms with Gasteiger partial charge in [-0.25, -0.2) is 5.43 Å². The molecule has 0 bridgehead atoms. The molecular formula is C31H26ClN3O2. The molecule has 0 unspecified atom stereocenters. The standard InChI is InChI=1S/C31H26ClN3O2/c1-21-17-27(19-33-34-31(36)25-12-11-23-7-3-4-8-24(23)18-25)22(2)35(21)28-13-15-29(16-14-28)37-20-26-9-5-6-10-30(26)32/h3-19H,20H2,1-2H3,(H,34,36)/b33-19+. The van der Waals surface area contributed by atoms with Crippen LogP contribution >= 0.6 is 11.6 Å². The predicted octanol–water partition coefficient (Wildman–Crippen LogP) is 7.24. The van der Waals surface area contributed by atoms with Crippen molar-refractivity contribution in [3.63, 3.8) is 0 Å². The maximum atomic E-state index is 12.6. The van der Waals surface area contributed by atoms with Crippen LogP contribution in [-0.2, 0) is 6.61 Å². The molecule has 0 saturated carbocycles. The van der Waals surface area contributed by atoms with E-state index in [1.165, 1.54) is 0 Å². The van der Waals surface area contributed by atoms with Crippen molar-refractivity contribution in [2.45, 2.75) is 20.5 Å². The number of nitrogens with zero attached hydrogens (tertiary/aromatic N) is 2. The van der Waals surface area contributed by atoms with E-state index in [0.717, 1.165) is 44.7 Å². The SMILES string of the molecule is Cc1cc(/C=N/NC(=O)c2ccc3ccccc3c2)c(C)n1-c1ccc(OCc2ccccc2Cl)cc1. The summed E-state index contributed by atoms with van der Waals surface area (Å²) in [4.78, 5) is 12.6. The Hall–Kier alpha value is -4.35. The summed E-state index contributed by atoms with van der Waals surface area (Å²) in [6, 6.07) is 31.2. The van der Waals surface area contributed by atoms with Gasteiger partial charge in [-0.2, -0.15) is 5.10 Å². The van der Waals surface area contributed by atoms with Gasteiger partial charge in [0.25, 0.3) is 5.91 Å². The summed E-state index contributed by atoms with van der Waals surface area (Å²) < 4.78 is 8.05. The minimum atomic E-state index is -0.247. The molecule has 1 heterocycles. The quantitative estimate of drug-likeness (QED) is 0.186. The summed E-state index contributed by atoms with van der Waals surface area (Å²) in [6.45, 7) is 4.48. The van der Waals surface area contributed by atoms with E-state index in [-0.39, 0.29) is 5.91 Å². The van der Waals surface area contributed by atoms with Gasteiger partial charge in [0.15, 0.2) is 0 Å². The van der Waals surface area contributed by atoms with E-state index in [4.69, 9.17) is 16.3 Å². The van der Waals surface area contributed by atoms with Crippen LogP contribution in [0.5, 0.6) is 5.75 Å². The van der Waals surface area contributed by atoms with Gasteiger partial charge in [0.2, 0.25) is 0 Å². The molecule has 0 aliphatic rings. The van der Waals surface area contributed by atoms with Gasteiger partial charge >= 0.3 is 0 Å². The molecule has 0 radical (unpaired) electrons. The van der Waals surface area contributed by atoms with Gasteiger partial charge in [0, 0.05) is 38.8 Å². The topological polar surface area (TPSA) is 55.6 Å². The van der Waals surface area contributed by atoms with Crippen LogP contribution in [0.3, 0.4) is 0 Å². The molecule has 0 spiro atoms. The zero-order chi connectivity index (χ0) is 25.8. The van der Waals surface area contributed by atoms with E-state index in [1.54, 1.807) is 12.3 Å². The summed E-state index contributed by atoms with van der Waals surface area (Å²) in [5.41, 5.74) is 8.18. The minimum Gasteiger partial charge on any atom is -0.489 e. The number of hydrazone groups is 1. The van der Waals surface area contributed by atoms with Crippen LogP contribution in [0.25, 0.3) is 16.5 Å². The third-order valence-corrected chi connectivity index (χ3v) is 6.67. The van der Waals surface area contributed by atoms with E-state index < -0.39 is 0 Å². The molecule has 6 heteroatoms. The number of benzene rings is 4. The fourth-order valence-corrected chi connectivity index (χ4v) is 4.53. The van der Waals surface area contributed by atoms with Crippen molar-refractivity contribution in [2.75, 3.05) is 0 Å². The Bertz CT molecular complexity index is 1600. The van der Waals surface area contributed by atoms with Crippen molar-refractivity contribution in [3.8, 4) is 11.4 Å². The Balaban J connectivity index is 1.26. The van der Waals surface area contributed by atoms with Crippen LogP contribution in [0, 0.1) is 13.8 Å². The van der Waals surface area contributed by atoms with Gasteiger partial charge in [-0.1, -0.05) is 60.1 Å². The Morgan fingerprint density at radius 2 is 1.65 bits per heavy atom. The number of hydrogen-bond acceptors (Lipinski definition) is 3. The summed E-state index contributed by atoms with van der Waals surface area (Å²) in [7, 11) is 0. The second-order valence-corrected chi connectivity index (χ2v) is 9.20. The fourth-order valence-electron chi connectivity index (χ4n) is 4.34. The molecular weight excluding hydrogens is 482 g/mol. The minimum absolute atomic E-state index is 0.247. The molecule has 0 atom stereocenters. The Morgan fingerprint density at radius 1 is 0.919 bits per heavy atom. The molecule has 5 rings (SSSR count). The summed E-state index contributed by atoms with van der Waals surface area (Å²) in [5, 5.41) is 7.02. The predicted molar refractivity (Wildman–Crippen MR) is 150 cm³/mol. The van der Waals surface area contributed by atoms with Gasteiger partial charge < -0.3 is 9.30 Å². The van der Waals surface area contributed by atoms with Crippen molar-refractivity contribution >= 4 is 34.5 Å². The van der Waals surface area contributed by atoms with Crippen LogP contribution in [0.1, 0.15) is 32.9 Å². The molecule has 184 valence electrons. The number of nitrogens with one attached hydrogen (secondary N) is 1. The lowest BCUT2D eigenvalue weighted by atomic mass is 10.1. The van der Waals surface area contributed by atoms with Crippen molar-refractivity contribution in [1.82, 2.24) is 9.99 Å². The molecule has 5 nitrogen and oxygen atoms in total. The number of halogens is 1. The number of amides is 1. The number of hydrogen-bond donors (Lipinski definition) is 1. The van der Waals surface area contributed by atoms with E-state index in [9.17, 15) is 4.79 Å². The lowest BCUT2D eigenvalue weighted by Crippen LogP contribution is -2.17. The summed E-state index contributed by atoms with van der Waals surface area (Å²) in [6.07, 6.45) is 1.68. The molecule has 1 amide bonds. The van der Waals surface area contributed by atoms with Crippen LogP contribution < -0.4 is 10.2 Å². The highest BCUT2D eigenvalue weighted by Gasteiger charge is 2.11.